The van der Waals surface area contributed by atoms with Gasteiger partial charge in [0.05, 0.1) is 21.1 Å². The average molecular weight is 273 g/mol. The first-order valence-corrected chi connectivity index (χ1v) is 6.61. The summed E-state index contributed by atoms with van der Waals surface area (Å²) >= 11 is 5.77. The fourth-order valence-electron chi connectivity index (χ4n) is 1.10. The first-order chi connectivity index (χ1) is 7.68. The Bertz CT molecular complexity index is 574. The second-order valence-electron chi connectivity index (χ2n) is 4.06. The van der Waals surface area contributed by atoms with Crippen molar-refractivity contribution < 1.29 is 8.42 Å². The van der Waals surface area contributed by atoms with Crippen LogP contribution in [0.3, 0.4) is 0 Å². The van der Waals surface area contributed by atoms with E-state index < -0.39 is 15.6 Å². The van der Waals surface area contributed by atoms with Gasteiger partial charge in [0.2, 0.25) is 10.0 Å². The number of hydrogen-bond acceptors (Lipinski definition) is 3. The summed E-state index contributed by atoms with van der Waals surface area (Å²) in [5.41, 5.74) is 4.86. The summed E-state index contributed by atoms with van der Waals surface area (Å²) in [7, 11) is -3.70. The van der Waals surface area contributed by atoms with Gasteiger partial charge in [-0.25, -0.2) is 8.42 Å². The highest BCUT2D eigenvalue weighted by Gasteiger charge is 2.24. The number of nitrogens with one attached hydrogen (secondary N) is 1. The van der Waals surface area contributed by atoms with E-state index in [1.807, 2.05) is 0 Å². The zero-order valence-corrected chi connectivity index (χ0v) is 11.1. The molecule has 0 saturated heterocycles. The Hall–Kier alpha value is -1.22. The van der Waals surface area contributed by atoms with Crippen LogP contribution in [0.25, 0.3) is 0 Å². The first kappa shape index (κ1) is 13.8. The maximum absolute atomic E-state index is 12.0. The Balaban J connectivity index is 3.16. The van der Waals surface area contributed by atoms with Gasteiger partial charge in [-0.05, 0) is 32.0 Å². The van der Waals surface area contributed by atoms with E-state index >= 15 is 0 Å². The van der Waals surface area contributed by atoms with Crippen LogP contribution in [-0.2, 0) is 10.0 Å². The molecule has 6 heteroatoms. The van der Waals surface area contributed by atoms with E-state index in [0.29, 0.717) is 5.69 Å². The second-order valence-corrected chi connectivity index (χ2v) is 6.15. The molecule has 1 aromatic carbocycles. The smallest absolute Gasteiger partial charge is 0.241 e. The molecule has 1 rings (SSSR count). The second kappa shape index (κ2) is 4.57. The molecule has 1 aromatic rings. The minimum atomic E-state index is -3.70. The van der Waals surface area contributed by atoms with E-state index in [2.05, 4.69) is 10.6 Å². The van der Waals surface area contributed by atoms with Crippen molar-refractivity contribution in [2.45, 2.75) is 24.3 Å². The molecule has 0 aliphatic rings. The van der Waals surface area contributed by atoms with E-state index in [9.17, 15) is 8.42 Å². The summed E-state index contributed by atoms with van der Waals surface area (Å²) in [5, 5.41) is 0.186. The summed E-state index contributed by atoms with van der Waals surface area (Å²) in [4.78, 5) is 0.0278. The van der Waals surface area contributed by atoms with Gasteiger partial charge < -0.3 is 5.73 Å². The molecule has 0 bridgehead atoms. The molecule has 17 heavy (non-hydrogen) atoms. The van der Waals surface area contributed by atoms with E-state index in [-0.39, 0.29) is 9.92 Å². The predicted octanol–water partition coefficient (Wildman–Crippen LogP) is 1.61. The highest BCUT2D eigenvalue weighted by Crippen LogP contribution is 2.23. The number of nitrogen functional groups attached to an aromatic ring is 1. The number of hydrogen-bond donors (Lipinski definition) is 2. The number of terminal acetylenes is 1. The van der Waals surface area contributed by atoms with Crippen molar-refractivity contribution >= 4 is 27.3 Å². The van der Waals surface area contributed by atoms with Crippen LogP contribution < -0.4 is 10.5 Å². The molecule has 0 aliphatic heterocycles. The lowest BCUT2D eigenvalue weighted by Crippen LogP contribution is -2.41. The average Bonchev–Trinajstić information content (AvgIpc) is 2.20. The number of sulfonamides is 1. The lowest BCUT2D eigenvalue weighted by atomic mass is 10.1. The molecular weight excluding hydrogens is 260 g/mol. The minimum Gasteiger partial charge on any atom is -0.398 e. The van der Waals surface area contributed by atoms with Crippen molar-refractivity contribution in [1.29, 1.82) is 0 Å². The molecule has 0 aliphatic carbocycles. The third-order valence-corrected chi connectivity index (χ3v) is 4.01. The van der Waals surface area contributed by atoms with Crippen LogP contribution in [0.1, 0.15) is 13.8 Å². The van der Waals surface area contributed by atoms with Crippen LogP contribution in [-0.4, -0.2) is 14.0 Å². The highest BCUT2D eigenvalue weighted by molar-refractivity contribution is 7.89. The van der Waals surface area contributed by atoms with E-state index in [1.54, 1.807) is 13.8 Å². The van der Waals surface area contributed by atoms with Gasteiger partial charge >= 0.3 is 0 Å². The van der Waals surface area contributed by atoms with E-state index in [4.69, 9.17) is 23.8 Å². The van der Waals surface area contributed by atoms with Crippen molar-refractivity contribution in [3.8, 4) is 12.3 Å². The number of benzene rings is 1. The molecule has 0 unspecified atom stereocenters. The van der Waals surface area contributed by atoms with E-state index in [0.717, 1.165) is 0 Å². The molecule has 92 valence electrons. The largest absolute Gasteiger partial charge is 0.398 e. The minimum absolute atomic E-state index is 0.0278. The van der Waals surface area contributed by atoms with Gasteiger partial charge in [-0.3, -0.25) is 0 Å². The van der Waals surface area contributed by atoms with Crippen molar-refractivity contribution in [2.24, 2.45) is 0 Å². The van der Waals surface area contributed by atoms with Crippen molar-refractivity contribution in [3.05, 3.63) is 23.2 Å². The standard InChI is InChI=1S/C11H13ClN2O2S/c1-4-11(2,3)14-17(15,16)8-5-6-10(13)9(12)7-8/h1,5-7,14H,13H2,2-3H3. The lowest BCUT2D eigenvalue weighted by molar-refractivity contribution is 0.539. The van der Waals surface area contributed by atoms with Crippen LogP contribution in [0.15, 0.2) is 23.1 Å². The molecule has 0 heterocycles. The topological polar surface area (TPSA) is 72.2 Å². The Kier molecular flexibility index (Phi) is 3.72. The van der Waals surface area contributed by atoms with Gasteiger partial charge in [-0.15, -0.1) is 6.42 Å². The Labute approximate surface area is 106 Å². The Morgan fingerprint density at radius 1 is 1.47 bits per heavy atom. The third-order valence-electron chi connectivity index (χ3n) is 2.03. The van der Waals surface area contributed by atoms with Crippen molar-refractivity contribution in [2.75, 3.05) is 5.73 Å². The van der Waals surface area contributed by atoms with Crippen LogP contribution in [0.5, 0.6) is 0 Å². The number of anilines is 1. The fraction of sp³-hybridized carbons (Fsp3) is 0.273. The van der Waals surface area contributed by atoms with E-state index in [1.165, 1.54) is 18.2 Å². The van der Waals surface area contributed by atoms with Gasteiger partial charge in [0, 0.05) is 0 Å². The molecule has 4 nitrogen and oxygen atoms in total. The summed E-state index contributed by atoms with van der Waals surface area (Å²) in [6, 6.07) is 4.09. The molecule has 0 amide bonds. The van der Waals surface area contributed by atoms with Crippen molar-refractivity contribution in [1.82, 2.24) is 4.72 Å². The SMILES string of the molecule is C#CC(C)(C)NS(=O)(=O)c1ccc(N)c(Cl)c1. The maximum Gasteiger partial charge on any atom is 0.241 e. The molecule has 0 spiro atoms. The number of nitrogens with two attached hydrogens (primary N) is 1. The Morgan fingerprint density at radius 2 is 2.06 bits per heavy atom. The summed E-state index contributed by atoms with van der Waals surface area (Å²) < 4.78 is 26.3. The lowest BCUT2D eigenvalue weighted by Gasteiger charge is -2.19. The molecular formula is C11H13ClN2O2S. The fourth-order valence-corrected chi connectivity index (χ4v) is 2.71. The third kappa shape index (κ3) is 3.37. The van der Waals surface area contributed by atoms with Gasteiger partial charge in [0.1, 0.15) is 0 Å². The molecule has 0 radical (unpaired) electrons. The molecule has 0 atom stereocenters. The van der Waals surface area contributed by atoms with Gasteiger partial charge in [0.15, 0.2) is 0 Å². The molecule has 0 aromatic heterocycles. The van der Waals surface area contributed by atoms with Gasteiger partial charge in [-0.1, -0.05) is 17.5 Å². The number of halogens is 1. The highest BCUT2D eigenvalue weighted by atomic mass is 35.5. The Morgan fingerprint density at radius 3 is 2.53 bits per heavy atom. The molecule has 3 N–H and O–H groups in total. The zero-order chi connectivity index (χ0) is 13.3. The normalized spacial score (nSPS) is 12.1. The predicted molar refractivity (Wildman–Crippen MR) is 69.1 cm³/mol. The van der Waals surface area contributed by atoms with Crippen LogP contribution >= 0.6 is 11.6 Å². The summed E-state index contributed by atoms with van der Waals surface area (Å²) in [6.07, 6.45) is 5.22. The van der Waals surface area contributed by atoms with Gasteiger partial charge in [-0.2, -0.15) is 4.72 Å². The first-order valence-electron chi connectivity index (χ1n) is 4.75. The van der Waals surface area contributed by atoms with Gasteiger partial charge in [0.25, 0.3) is 0 Å². The quantitative estimate of drug-likeness (QED) is 0.649. The zero-order valence-electron chi connectivity index (χ0n) is 9.49. The summed E-state index contributed by atoms with van der Waals surface area (Å²) in [6.45, 7) is 3.17. The van der Waals surface area contributed by atoms with Crippen molar-refractivity contribution in [3.63, 3.8) is 0 Å². The molecule has 0 fully saturated rings. The molecule has 0 saturated carbocycles. The van der Waals surface area contributed by atoms with Crippen LogP contribution in [0.2, 0.25) is 5.02 Å². The monoisotopic (exact) mass is 272 g/mol. The maximum atomic E-state index is 12.0. The number of rotatable bonds is 3. The van der Waals surface area contributed by atoms with Crippen LogP contribution in [0.4, 0.5) is 5.69 Å². The van der Waals surface area contributed by atoms with Crippen LogP contribution in [0, 0.1) is 12.3 Å². The summed E-state index contributed by atoms with van der Waals surface area (Å²) in [5.74, 6) is 2.35.